The summed E-state index contributed by atoms with van der Waals surface area (Å²) < 4.78 is 1.69. The summed E-state index contributed by atoms with van der Waals surface area (Å²) in [6, 6.07) is 19.8. The molecule has 1 saturated heterocycles. The third kappa shape index (κ3) is 5.12. The zero-order valence-electron chi connectivity index (χ0n) is 20.1. The predicted molar refractivity (Wildman–Crippen MR) is 139 cm³/mol. The molecule has 8 nitrogen and oxygen atoms in total. The minimum atomic E-state index is -0.290. The number of pyridine rings is 1. The summed E-state index contributed by atoms with van der Waals surface area (Å²) >= 11 is 0. The van der Waals surface area contributed by atoms with Crippen molar-refractivity contribution in [2.24, 2.45) is 7.05 Å². The lowest BCUT2D eigenvalue weighted by Gasteiger charge is -2.18. The van der Waals surface area contributed by atoms with Crippen molar-refractivity contribution < 1.29 is 9.59 Å². The van der Waals surface area contributed by atoms with Crippen LogP contribution in [0.5, 0.6) is 0 Å². The number of aromatic nitrogens is 3. The van der Waals surface area contributed by atoms with Crippen LogP contribution in [0.15, 0.2) is 79.3 Å². The average molecular weight is 481 g/mol. The number of carbonyl (C=O) groups excluding carboxylic acids is 2. The number of hydrogen-bond donors (Lipinski definition) is 2. The molecule has 8 heteroatoms. The number of likely N-dealkylation sites (tertiary alicyclic amines) is 1. The van der Waals surface area contributed by atoms with Crippen LogP contribution in [0.3, 0.4) is 0 Å². The Labute approximate surface area is 209 Å². The Morgan fingerprint density at radius 2 is 1.75 bits per heavy atom. The number of amides is 2. The van der Waals surface area contributed by atoms with E-state index in [0.29, 0.717) is 31.5 Å². The fourth-order valence-electron chi connectivity index (χ4n) is 4.49. The van der Waals surface area contributed by atoms with Crippen molar-refractivity contribution in [2.45, 2.75) is 18.9 Å². The van der Waals surface area contributed by atoms with E-state index in [4.69, 9.17) is 5.73 Å². The number of aryl methyl sites for hydroxylation is 1. The third-order valence-corrected chi connectivity index (χ3v) is 6.49. The number of benzene rings is 2. The zero-order chi connectivity index (χ0) is 25.1. The molecule has 1 aliphatic rings. The Hall–Kier alpha value is -4.46. The lowest BCUT2D eigenvalue weighted by molar-refractivity contribution is -0.129. The molecule has 1 fully saturated rings. The number of hydrogen-bond acceptors (Lipinski definition) is 5. The largest absolute Gasteiger partial charge is 0.383 e. The van der Waals surface area contributed by atoms with Gasteiger partial charge in [-0.3, -0.25) is 14.3 Å². The van der Waals surface area contributed by atoms with Crippen LogP contribution in [0.25, 0.3) is 22.3 Å². The molecule has 1 atom stereocenters. The number of rotatable bonds is 6. The first kappa shape index (κ1) is 23.3. The average Bonchev–Trinajstić information content (AvgIpc) is 3.54. The minimum Gasteiger partial charge on any atom is -0.383 e. The van der Waals surface area contributed by atoms with Gasteiger partial charge in [0.25, 0.3) is 5.91 Å². The molecule has 0 spiro atoms. The first-order valence-electron chi connectivity index (χ1n) is 11.9. The first-order valence-corrected chi connectivity index (χ1v) is 11.9. The molecular weight excluding hydrogens is 452 g/mol. The van der Waals surface area contributed by atoms with Gasteiger partial charge in [-0.25, -0.2) is 4.98 Å². The van der Waals surface area contributed by atoms with Gasteiger partial charge in [-0.2, -0.15) is 5.10 Å². The maximum atomic E-state index is 13.0. The topological polar surface area (TPSA) is 106 Å². The van der Waals surface area contributed by atoms with Gasteiger partial charge in [0.2, 0.25) is 5.91 Å². The Kier molecular flexibility index (Phi) is 6.49. The second-order valence-corrected chi connectivity index (χ2v) is 9.10. The Balaban J connectivity index is 1.18. The summed E-state index contributed by atoms with van der Waals surface area (Å²) in [6.45, 7) is 1.08. The number of anilines is 1. The Morgan fingerprint density at radius 3 is 2.47 bits per heavy atom. The molecule has 2 aromatic carbocycles. The predicted octanol–water partition coefficient (Wildman–Crippen LogP) is 3.30. The van der Waals surface area contributed by atoms with Crippen LogP contribution in [0.2, 0.25) is 0 Å². The molecule has 2 aromatic heterocycles. The third-order valence-electron chi connectivity index (χ3n) is 6.49. The van der Waals surface area contributed by atoms with Crippen molar-refractivity contribution in [1.29, 1.82) is 0 Å². The summed E-state index contributed by atoms with van der Waals surface area (Å²) in [6.07, 6.45) is 6.22. The van der Waals surface area contributed by atoms with Crippen LogP contribution < -0.4 is 11.1 Å². The van der Waals surface area contributed by atoms with E-state index in [1.54, 1.807) is 23.1 Å². The van der Waals surface area contributed by atoms with E-state index in [1.807, 2.05) is 60.6 Å². The summed E-state index contributed by atoms with van der Waals surface area (Å²) in [5, 5.41) is 7.19. The van der Waals surface area contributed by atoms with Gasteiger partial charge in [-0.05, 0) is 29.2 Å². The molecule has 0 aliphatic carbocycles. The van der Waals surface area contributed by atoms with Gasteiger partial charge in [0.15, 0.2) is 0 Å². The zero-order valence-corrected chi connectivity index (χ0v) is 20.1. The molecule has 0 radical (unpaired) electrons. The number of nitrogens with one attached hydrogen (secondary N) is 1. The quantitative estimate of drug-likeness (QED) is 0.440. The molecule has 182 valence electrons. The summed E-state index contributed by atoms with van der Waals surface area (Å²) in [5.74, 6) is -0.0643. The fourth-order valence-corrected chi connectivity index (χ4v) is 4.49. The van der Waals surface area contributed by atoms with Gasteiger partial charge in [0.05, 0.1) is 18.2 Å². The molecule has 4 aromatic rings. The van der Waals surface area contributed by atoms with Crippen LogP contribution in [0.4, 0.5) is 5.82 Å². The summed E-state index contributed by atoms with van der Waals surface area (Å²) in [5.41, 5.74) is 11.2. The van der Waals surface area contributed by atoms with E-state index in [2.05, 4.69) is 27.5 Å². The van der Waals surface area contributed by atoms with E-state index < -0.39 is 0 Å². The highest BCUT2D eigenvalue weighted by molar-refractivity contribution is 5.99. The lowest BCUT2D eigenvalue weighted by Crippen LogP contribution is -2.39. The Morgan fingerprint density at radius 1 is 1.00 bits per heavy atom. The summed E-state index contributed by atoms with van der Waals surface area (Å²) in [7, 11) is 1.83. The molecule has 1 aliphatic heterocycles. The number of nitrogen functional groups attached to an aromatic ring is 1. The minimum absolute atomic E-state index is 0.0546. The van der Waals surface area contributed by atoms with Crippen molar-refractivity contribution in [1.82, 2.24) is 25.0 Å². The number of nitrogens with two attached hydrogens (primary N) is 1. The van der Waals surface area contributed by atoms with Crippen molar-refractivity contribution in [2.75, 3.05) is 18.8 Å². The molecule has 0 saturated carbocycles. The first-order chi connectivity index (χ1) is 17.5. The van der Waals surface area contributed by atoms with Gasteiger partial charge in [-0.15, -0.1) is 0 Å². The van der Waals surface area contributed by atoms with Crippen LogP contribution in [-0.4, -0.2) is 50.6 Å². The summed E-state index contributed by atoms with van der Waals surface area (Å²) in [4.78, 5) is 31.9. The van der Waals surface area contributed by atoms with E-state index in [0.717, 1.165) is 27.8 Å². The van der Waals surface area contributed by atoms with E-state index in [1.165, 1.54) is 0 Å². The van der Waals surface area contributed by atoms with Crippen LogP contribution in [0.1, 0.15) is 22.3 Å². The lowest BCUT2D eigenvalue weighted by atomic mass is 10.0. The molecule has 1 unspecified atom stereocenters. The van der Waals surface area contributed by atoms with Crippen LogP contribution in [0, 0.1) is 0 Å². The van der Waals surface area contributed by atoms with Gasteiger partial charge in [0.1, 0.15) is 5.82 Å². The second kappa shape index (κ2) is 10.0. The highest BCUT2D eigenvalue weighted by Gasteiger charge is 2.28. The van der Waals surface area contributed by atoms with E-state index in [9.17, 15) is 9.59 Å². The second-order valence-electron chi connectivity index (χ2n) is 9.10. The normalized spacial score (nSPS) is 15.1. The van der Waals surface area contributed by atoms with E-state index >= 15 is 0 Å². The maximum Gasteiger partial charge on any atom is 0.255 e. The van der Waals surface area contributed by atoms with Gasteiger partial charge in [-0.1, -0.05) is 54.6 Å². The SMILES string of the molecule is Cn1cc(-c2cnc(N)c(C(=O)NC3CCN(C(=O)Cc4ccc(-c5ccccc5)cc4)C3)c2)cn1. The highest BCUT2D eigenvalue weighted by Crippen LogP contribution is 2.23. The highest BCUT2D eigenvalue weighted by atomic mass is 16.2. The fraction of sp³-hybridized carbons (Fsp3) is 0.214. The standard InChI is InChI=1S/C28H28N6O2/c1-33-17-23(16-31-33)22-14-25(27(29)30-15-22)28(36)32-24-11-12-34(18-24)26(35)13-19-7-9-21(10-8-19)20-5-3-2-4-6-20/h2-10,14-17,24H,11-13,18H2,1H3,(H2,29,30)(H,32,36). The molecular formula is C28H28N6O2. The molecule has 3 N–H and O–H groups in total. The molecule has 3 heterocycles. The van der Waals surface area contributed by atoms with E-state index in [-0.39, 0.29) is 23.7 Å². The number of carbonyl (C=O) groups is 2. The Bertz CT molecular complexity index is 1380. The van der Waals surface area contributed by atoms with Crippen molar-refractivity contribution in [3.8, 4) is 22.3 Å². The molecule has 2 amide bonds. The molecule has 36 heavy (non-hydrogen) atoms. The monoisotopic (exact) mass is 480 g/mol. The van der Waals surface area contributed by atoms with Crippen LogP contribution >= 0.6 is 0 Å². The van der Waals surface area contributed by atoms with Crippen molar-refractivity contribution in [3.63, 3.8) is 0 Å². The maximum absolute atomic E-state index is 13.0. The van der Waals surface area contributed by atoms with Crippen molar-refractivity contribution >= 4 is 17.6 Å². The van der Waals surface area contributed by atoms with Gasteiger partial charge >= 0.3 is 0 Å². The number of nitrogens with zero attached hydrogens (tertiary/aromatic N) is 4. The molecule has 0 bridgehead atoms. The van der Waals surface area contributed by atoms with Gasteiger partial charge < -0.3 is 16.0 Å². The van der Waals surface area contributed by atoms with Crippen molar-refractivity contribution in [3.05, 3.63) is 90.4 Å². The van der Waals surface area contributed by atoms with Gasteiger partial charge in [0, 0.05) is 49.7 Å². The van der Waals surface area contributed by atoms with Crippen LogP contribution in [-0.2, 0) is 18.3 Å². The smallest absolute Gasteiger partial charge is 0.255 e. The molecule has 5 rings (SSSR count).